The van der Waals surface area contributed by atoms with Crippen molar-refractivity contribution in [3.63, 3.8) is 0 Å². The lowest BCUT2D eigenvalue weighted by molar-refractivity contribution is 0.362. The van der Waals surface area contributed by atoms with Crippen LogP contribution in [0.2, 0.25) is 0 Å². The molecule has 1 heterocycles. The number of hydrogen-bond donors (Lipinski definition) is 2. The Kier molecular flexibility index (Phi) is 4.13. The first-order chi connectivity index (χ1) is 11.6. The van der Waals surface area contributed by atoms with Crippen LogP contribution in [0.5, 0.6) is 11.5 Å². The minimum atomic E-state index is -0.327. The second-order valence-corrected chi connectivity index (χ2v) is 5.39. The van der Waals surface area contributed by atoms with Gasteiger partial charge in [0.25, 0.3) is 0 Å². The molecule has 0 amide bonds. The van der Waals surface area contributed by atoms with Crippen LogP contribution in [0.15, 0.2) is 66.6 Å². The monoisotopic (exact) mass is 319 g/mol. The average molecular weight is 319 g/mol. The first-order valence-corrected chi connectivity index (χ1v) is 7.44. The number of rotatable bonds is 4. The van der Waals surface area contributed by atoms with Gasteiger partial charge in [-0.2, -0.15) is 5.26 Å². The van der Waals surface area contributed by atoms with Crippen molar-refractivity contribution in [2.24, 2.45) is 5.73 Å². The third-order valence-corrected chi connectivity index (χ3v) is 3.80. The maximum atomic E-state index is 9.55. The summed E-state index contributed by atoms with van der Waals surface area (Å²) in [5.74, 6) is 1.03. The number of allylic oxidation sites excluding steroid dienone is 1. The van der Waals surface area contributed by atoms with Crippen LogP contribution >= 0.6 is 0 Å². The first kappa shape index (κ1) is 15.5. The minimum absolute atomic E-state index is 0.0954. The molecular weight excluding hydrogens is 302 g/mol. The molecule has 24 heavy (non-hydrogen) atoms. The van der Waals surface area contributed by atoms with Gasteiger partial charge in [0, 0.05) is 17.3 Å². The van der Waals surface area contributed by atoms with Gasteiger partial charge in [-0.3, -0.25) is 0 Å². The van der Waals surface area contributed by atoms with E-state index >= 15 is 0 Å². The first-order valence-electron chi connectivity index (χ1n) is 7.44. The van der Waals surface area contributed by atoms with Gasteiger partial charge < -0.3 is 20.9 Å². The summed E-state index contributed by atoms with van der Waals surface area (Å²) in [7, 11) is 0. The Labute approximate surface area is 140 Å². The maximum Gasteiger partial charge on any atom is 0.205 e. The van der Waals surface area contributed by atoms with E-state index in [1.165, 1.54) is 0 Å². The number of hydrogen-bond acceptors (Lipinski definition) is 5. The molecule has 0 aromatic heterocycles. The van der Waals surface area contributed by atoms with E-state index in [1.807, 2.05) is 30.3 Å². The van der Waals surface area contributed by atoms with Crippen molar-refractivity contribution in [2.75, 3.05) is 12.3 Å². The van der Waals surface area contributed by atoms with Crippen LogP contribution in [0, 0.1) is 11.3 Å². The molecule has 0 saturated heterocycles. The van der Waals surface area contributed by atoms with E-state index in [-0.39, 0.29) is 11.8 Å². The summed E-state index contributed by atoms with van der Waals surface area (Å²) < 4.78 is 11.2. The zero-order valence-corrected chi connectivity index (χ0v) is 13.0. The minimum Gasteiger partial charge on any atom is -0.490 e. The number of benzene rings is 2. The van der Waals surface area contributed by atoms with E-state index in [1.54, 1.807) is 18.2 Å². The van der Waals surface area contributed by atoms with Crippen molar-refractivity contribution < 1.29 is 9.47 Å². The molecule has 5 heteroatoms. The Hall–Kier alpha value is -3.39. The second-order valence-electron chi connectivity index (χ2n) is 5.39. The third kappa shape index (κ3) is 2.77. The fourth-order valence-corrected chi connectivity index (χ4v) is 2.75. The average Bonchev–Trinajstić information content (AvgIpc) is 2.58. The molecule has 0 spiro atoms. The largest absolute Gasteiger partial charge is 0.490 e. The summed E-state index contributed by atoms with van der Waals surface area (Å²) in [4.78, 5) is 0. The summed E-state index contributed by atoms with van der Waals surface area (Å²) in [5.41, 5.74) is 14.5. The lowest BCUT2D eigenvalue weighted by atomic mass is 9.83. The Morgan fingerprint density at radius 3 is 2.83 bits per heavy atom. The Morgan fingerprint density at radius 2 is 2.08 bits per heavy atom. The van der Waals surface area contributed by atoms with Crippen LogP contribution in [0.4, 0.5) is 5.69 Å². The van der Waals surface area contributed by atoms with Crippen molar-refractivity contribution in [2.45, 2.75) is 5.92 Å². The summed E-state index contributed by atoms with van der Waals surface area (Å²) in [5, 5.41) is 9.55. The van der Waals surface area contributed by atoms with Gasteiger partial charge >= 0.3 is 0 Å². The zero-order chi connectivity index (χ0) is 17.1. The molecule has 1 unspecified atom stereocenters. The Morgan fingerprint density at radius 1 is 1.25 bits per heavy atom. The Bertz CT molecular complexity index is 865. The lowest BCUT2D eigenvalue weighted by Crippen LogP contribution is -2.21. The molecule has 5 nitrogen and oxygen atoms in total. The molecule has 4 N–H and O–H groups in total. The van der Waals surface area contributed by atoms with E-state index in [0.29, 0.717) is 29.4 Å². The number of fused-ring (bicyclic) bond motifs is 1. The molecule has 2 aromatic carbocycles. The molecule has 1 aliphatic heterocycles. The van der Waals surface area contributed by atoms with Gasteiger partial charge in [-0.25, -0.2) is 0 Å². The van der Waals surface area contributed by atoms with Crippen molar-refractivity contribution >= 4 is 5.69 Å². The maximum absolute atomic E-state index is 9.55. The number of ether oxygens (including phenoxy) is 2. The van der Waals surface area contributed by atoms with Crippen LogP contribution in [0.3, 0.4) is 0 Å². The molecule has 0 radical (unpaired) electrons. The summed E-state index contributed by atoms with van der Waals surface area (Å²) >= 11 is 0. The number of nitriles is 1. The van der Waals surface area contributed by atoms with Gasteiger partial charge in [-0.1, -0.05) is 30.9 Å². The van der Waals surface area contributed by atoms with E-state index in [9.17, 15) is 5.26 Å². The highest BCUT2D eigenvalue weighted by molar-refractivity contribution is 5.60. The van der Waals surface area contributed by atoms with E-state index in [4.69, 9.17) is 20.9 Å². The normalized spacial score (nSPS) is 15.9. The van der Waals surface area contributed by atoms with Crippen molar-refractivity contribution in [3.8, 4) is 17.6 Å². The fourth-order valence-electron chi connectivity index (χ4n) is 2.75. The highest BCUT2D eigenvalue weighted by atomic mass is 16.5. The smallest absolute Gasteiger partial charge is 0.205 e. The molecule has 0 aliphatic carbocycles. The van der Waals surface area contributed by atoms with Crippen LogP contribution < -0.4 is 20.9 Å². The molecule has 0 bridgehead atoms. The fraction of sp³-hybridized carbons (Fsp3) is 0.105. The Balaban J connectivity index is 2.11. The highest BCUT2D eigenvalue weighted by Gasteiger charge is 2.30. The molecule has 120 valence electrons. The molecule has 2 aromatic rings. The topological polar surface area (TPSA) is 94.3 Å². The third-order valence-electron chi connectivity index (χ3n) is 3.80. The second kappa shape index (κ2) is 6.39. The standard InChI is InChI=1S/C19H17N3O2/c1-2-8-23-14-5-3-4-12(9-14)18-15-7-6-13(21)10-17(15)24-19(22)16(18)11-20/h2-7,9-10,18H,1,8,21-22H2. The van der Waals surface area contributed by atoms with Gasteiger partial charge in [0.15, 0.2) is 0 Å². The van der Waals surface area contributed by atoms with Gasteiger partial charge in [-0.05, 0) is 23.8 Å². The molecule has 3 rings (SSSR count). The van der Waals surface area contributed by atoms with Gasteiger partial charge in [0.1, 0.15) is 29.7 Å². The van der Waals surface area contributed by atoms with E-state index in [2.05, 4.69) is 12.6 Å². The van der Waals surface area contributed by atoms with Crippen LogP contribution in [0.25, 0.3) is 0 Å². The van der Waals surface area contributed by atoms with Crippen molar-refractivity contribution in [3.05, 3.63) is 77.7 Å². The lowest BCUT2D eigenvalue weighted by Gasteiger charge is -2.26. The summed E-state index contributed by atoms with van der Waals surface area (Å²) in [6.07, 6.45) is 1.68. The predicted octanol–water partition coefficient (Wildman–Crippen LogP) is 3.05. The number of nitrogens with two attached hydrogens (primary N) is 2. The van der Waals surface area contributed by atoms with E-state index in [0.717, 1.165) is 11.1 Å². The van der Waals surface area contributed by atoms with Gasteiger partial charge in [0.05, 0.1) is 5.92 Å². The number of nitrogens with zero attached hydrogens (tertiary/aromatic N) is 1. The predicted molar refractivity (Wildman–Crippen MR) is 92.3 cm³/mol. The highest BCUT2D eigenvalue weighted by Crippen LogP contribution is 2.43. The SMILES string of the molecule is C=CCOc1cccc(C2C(C#N)=C(N)Oc3cc(N)ccc32)c1. The molecule has 1 aliphatic rings. The molecule has 0 saturated carbocycles. The van der Waals surface area contributed by atoms with Crippen LogP contribution in [-0.4, -0.2) is 6.61 Å². The van der Waals surface area contributed by atoms with Crippen LogP contribution in [0.1, 0.15) is 17.0 Å². The number of anilines is 1. The summed E-state index contributed by atoms with van der Waals surface area (Å²) in [6.45, 7) is 4.05. The molecule has 1 atom stereocenters. The molecule has 0 fully saturated rings. The van der Waals surface area contributed by atoms with Gasteiger partial charge in [0.2, 0.25) is 5.88 Å². The summed E-state index contributed by atoms with van der Waals surface area (Å²) in [6, 6.07) is 15.1. The molecular formula is C19H17N3O2. The zero-order valence-electron chi connectivity index (χ0n) is 13.0. The van der Waals surface area contributed by atoms with E-state index < -0.39 is 0 Å². The van der Waals surface area contributed by atoms with Crippen LogP contribution in [-0.2, 0) is 0 Å². The number of nitrogen functional groups attached to an aromatic ring is 1. The quantitative estimate of drug-likeness (QED) is 0.667. The van der Waals surface area contributed by atoms with Crippen molar-refractivity contribution in [1.82, 2.24) is 0 Å². The van der Waals surface area contributed by atoms with Gasteiger partial charge in [-0.15, -0.1) is 0 Å². The van der Waals surface area contributed by atoms with Crippen molar-refractivity contribution in [1.29, 1.82) is 5.26 Å².